The van der Waals surface area contributed by atoms with E-state index in [0.29, 0.717) is 0 Å². The minimum Gasteiger partial charge on any atom is -0.726 e. The van der Waals surface area contributed by atoms with Crippen LogP contribution in [0.15, 0.2) is 12.2 Å². The molecular formula is C30H59NaO4S. The smallest absolute Gasteiger partial charge is 0.726 e. The molecule has 0 aliphatic rings. The maximum atomic E-state index is 10.9. The maximum Gasteiger partial charge on any atom is 1.00 e. The van der Waals surface area contributed by atoms with Crippen molar-refractivity contribution in [3.8, 4) is 0 Å². The summed E-state index contributed by atoms with van der Waals surface area (Å²) in [6.45, 7) is 4.50. The summed E-state index contributed by atoms with van der Waals surface area (Å²) in [7, 11) is -4.61. The molecule has 210 valence electrons. The van der Waals surface area contributed by atoms with E-state index < -0.39 is 10.4 Å². The van der Waals surface area contributed by atoms with Gasteiger partial charge in [-0.3, -0.25) is 4.18 Å². The molecule has 0 aromatic heterocycles. The third-order valence-corrected chi connectivity index (χ3v) is 7.41. The Morgan fingerprint density at radius 2 is 0.972 bits per heavy atom. The van der Waals surface area contributed by atoms with Gasteiger partial charge in [-0.15, -0.1) is 0 Å². The molecule has 4 nitrogen and oxygen atoms in total. The van der Waals surface area contributed by atoms with Crippen LogP contribution >= 0.6 is 0 Å². The summed E-state index contributed by atoms with van der Waals surface area (Å²) in [6, 6.07) is 0. The predicted molar refractivity (Wildman–Crippen MR) is 150 cm³/mol. The summed E-state index contributed by atoms with van der Waals surface area (Å²) in [5.74, 6) is 0.0186. The average molecular weight is 539 g/mol. The van der Waals surface area contributed by atoms with Crippen LogP contribution in [0.4, 0.5) is 0 Å². The molecule has 0 saturated heterocycles. The van der Waals surface area contributed by atoms with Gasteiger partial charge >= 0.3 is 29.6 Å². The van der Waals surface area contributed by atoms with Crippen molar-refractivity contribution in [2.45, 2.75) is 168 Å². The Balaban J connectivity index is 0. The van der Waals surface area contributed by atoms with E-state index in [4.69, 9.17) is 0 Å². The molecule has 36 heavy (non-hydrogen) atoms. The summed E-state index contributed by atoms with van der Waals surface area (Å²) in [4.78, 5) is 0. The summed E-state index contributed by atoms with van der Waals surface area (Å²) in [6.07, 6.45) is 35.1. The molecular weight excluding hydrogens is 479 g/mol. The largest absolute Gasteiger partial charge is 1.00 e. The minimum atomic E-state index is -4.61. The van der Waals surface area contributed by atoms with Crippen molar-refractivity contribution in [1.29, 1.82) is 0 Å². The Morgan fingerprint density at radius 3 is 1.36 bits per heavy atom. The van der Waals surface area contributed by atoms with Gasteiger partial charge in [-0.25, -0.2) is 8.42 Å². The van der Waals surface area contributed by atoms with Crippen LogP contribution in [0.3, 0.4) is 0 Å². The molecule has 0 heterocycles. The normalized spacial score (nSPS) is 12.8. The van der Waals surface area contributed by atoms with Gasteiger partial charge in [-0.05, 0) is 19.3 Å². The quantitative estimate of drug-likeness (QED) is 0.0352. The van der Waals surface area contributed by atoms with Crippen molar-refractivity contribution in [3.05, 3.63) is 12.2 Å². The predicted octanol–water partition coefficient (Wildman–Crippen LogP) is 7.04. The number of allylic oxidation sites excluding steroid dienone is 1. The van der Waals surface area contributed by atoms with Crippen LogP contribution in [0.2, 0.25) is 0 Å². The number of hydrogen-bond donors (Lipinski definition) is 0. The molecule has 0 amide bonds. The molecule has 1 unspecified atom stereocenters. The van der Waals surface area contributed by atoms with Crippen molar-refractivity contribution in [2.75, 3.05) is 6.61 Å². The number of rotatable bonds is 28. The molecule has 1 atom stereocenters. The second-order valence-corrected chi connectivity index (χ2v) is 11.6. The van der Waals surface area contributed by atoms with E-state index in [1.54, 1.807) is 0 Å². The molecule has 0 radical (unpaired) electrons. The topological polar surface area (TPSA) is 66.4 Å². The van der Waals surface area contributed by atoms with Gasteiger partial charge < -0.3 is 4.55 Å². The molecule has 0 spiro atoms. The second kappa shape index (κ2) is 30.2. The molecule has 0 aromatic rings. The van der Waals surface area contributed by atoms with Gasteiger partial charge in [0, 0.05) is 5.92 Å². The Kier molecular flexibility index (Phi) is 32.5. The summed E-state index contributed by atoms with van der Waals surface area (Å²) in [5, 5.41) is 0. The first kappa shape index (κ1) is 38.8. The van der Waals surface area contributed by atoms with Crippen LogP contribution in [0, 0.1) is 5.92 Å². The van der Waals surface area contributed by atoms with Crippen LogP contribution < -0.4 is 29.6 Å². The standard InChI is InChI=1S/C30H60O4S.Na/c1-3-5-7-9-11-13-15-16-17-18-20-22-24-26-28-30(29-34-35(31,32)33)27-25-23-21-19-14-12-10-8-6-4-2;/h25,27,30H,3-24,26,28-29H2,1-2H3,(H,31,32,33);/q;+1/p-1/b27-25+;. The van der Waals surface area contributed by atoms with Crippen molar-refractivity contribution in [1.82, 2.24) is 0 Å². The molecule has 0 N–H and O–H groups in total. The van der Waals surface area contributed by atoms with Crippen molar-refractivity contribution in [3.63, 3.8) is 0 Å². The fraction of sp³-hybridized carbons (Fsp3) is 0.933. The maximum absolute atomic E-state index is 10.9. The van der Waals surface area contributed by atoms with Gasteiger partial charge in [0.15, 0.2) is 0 Å². The van der Waals surface area contributed by atoms with Crippen LogP contribution in [-0.4, -0.2) is 19.6 Å². The third kappa shape index (κ3) is 32.6. The molecule has 0 saturated carbocycles. The van der Waals surface area contributed by atoms with Crippen molar-refractivity contribution >= 4 is 10.4 Å². The SMILES string of the molecule is CCCCCCCCCC/C=C/C(CCCCCCCCCCCCCCCC)COS(=O)(=O)[O-].[Na+]. The van der Waals surface area contributed by atoms with E-state index >= 15 is 0 Å². The van der Waals surface area contributed by atoms with Crippen LogP contribution in [0.5, 0.6) is 0 Å². The van der Waals surface area contributed by atoms with Crippen LogP contribution in [0.25, 0.3) is 0 Å². The molecule has 0 fully saturated rings. The van der Waals surface area contributed by atoms with Crippen LogP contribution in [0.1, 0.15) is 168 Å². The van der Waals surface area contributed by atoms with Crippen LogP contribution in [-0.2, 0) is 14.6 Å². The molecule has 6 heteroatoms. The first-order chi connectivity index (χ1) is 17.0. The van der Waals surface area contributed by atoms with Crippen molar-refractivity contribution in [2.24, 2.45) is 5.92 Å². The first-order valence-corrected chi connectivity index (χ1v) is 16.6. The van der Waals surface area contributed by atoms with E-state index in [1.165, 1.54) is 135 Å². The zero-order valence-electron chi connectivity index (χ0n) is 24.5. The fourth-order valence-corrected chi connectivity index (χ4v) is 5.03. The van der Waals surface area contributed by atoms with E-state index in [-0.39, 0.29) is 42.1 Å². The average Bonchev–Trinajstić information content (AvgIpc) is 2.82. The van der Waals surface area contributed by atoms with Gasteiger partial charge in [-0.1, -0.05) is 161 Å². The van der Waals surface area contributed by atoms with E-state index in [2.05, 4.69) is 30.2 Å². The fourth-order valence-electron chi connectivity index (χ4n) is 4.69. The second-order valence-electron chi connectivity index (χ2n) is 10.5. The van der Waals surface area contributed by atoms with E-state index in [0.717, 1.165) is 19.3 Å². The Labute approximate surface area is 248 Å². The zero-order chi connectivity index (χ0) is 25.9. The molecule has 0 aromatic carbocycles. The molecule has 0 bridgehead atoms. The summed E-state index contributed by atoms with van der Waals surface area (Å²) < 4.78 is 37.2. The van der Waals surface area contributed by atoms with Gasteiger partial charge in [-0.2, -0.15) is 0 Å². The van der Waals surface area contributed by atoms with E-state index in [9.17, 15) is 13.0 Å². The van der Waals surface area contributed by atoms with Gasteiger partial charge in [0.1, 0.15) is 0 Å². The van der Waals surface area contributed by atoms with E-state index in [1.807, 2.05) is 0 Å². The van der Waals surface area contributed by atoms with Gasteiger partial charge in [0.25, 0.3) is 0 Å². The molecule has 0 rings (SSSR count). The molecule has 0 aliphatic carbocycles. The number of unbranched alkanes of at least 4 members (excludes halogenated alkanes) is 21. The third-order valence-electron chi connectivity index (χ3n) is 6.99. The zero-order valence-corrected chi connectivity index (χ0v) is 27.3. The summed E-state index contributed by atoms with van der Waals surface area (Å²) >= 11 is 0. The minimum absolute atomic E-state index is 0. The Bertz CT molecular complexity index is 551. The van der Waals surface area contributed by atoms with Crippen molar-refractivity contribution < 1.29 is 46.7 Å². The van der Waals surface area contributed by atoms with Gasteiger partial charge in [0.05, 0.1) is 6.61 Å². The first-order valence-electron chi connectivity index (χ1n) is 15.3. The Hall–Kier alpha value is 0.610. The van der Waals surface area contributed by atoms with Gasteiger partial charge in [0.2, 0.25) is 10.4 Å². The number of hydrogen-bond acceptors (Lipinski definition) is 4. The molecule has 0 aliphatic heterocycles. The summed E-state index contributed by atoms with van der Waals surface area (Å²) in [5.41, 5.74) is 0. The monoisotopic (exact) mass is 538 g/mol. The Morgan fingerprint density at radius 1 is 0.611 bits per heavy atom.